The van der Waals surface area contributed by atoms with Crippen molar-refractivity contribution in [3.05, 3.63) is 22.4 Å². The molecule has 8 heteroatoms. The summed E-state index contributed by atoms with van der Waals surface area (Å²) in [4.78, 5) is 8.77. The Hall–Kier alpha value is -0.420. The number of nitrogens with one attached hydrogen (secondary N) is 2. The van der Waals surface area contributed by atoms with Crippen molar-refractivity contribution < 1.29 is 9.47 Å². The molecular weight excluding hydrogens is 475 g/mol. The van der Waals surface area contributed by atoms with Crippen LogP contribution in [0.15, 0.2) is 22.5 Å². The highest BCUT2D eigenvalue weighted by Crippen LogP contribution is 2.27. The van der Waals surface area contributed by atoms with Gasteiger partial charge in [0.1, 0.15) is 0 Å². The maximum Gasteiger partial charge on any atom is 0.191 e. The molecule has 2 saturated heterocycles. The van der Waals surface area contributed by atoms with E-state index in [1.54, 1.807) is 0 Å². The third-order valence-corrected chi connectivity index (χ3v) is 5.85. The molecule has 0 aromatic carbocycles. The summed E-state index contributed by atoms with van der Waals surface area (Å²) in [6, 6.07) is 4.65. The second-order valence-electron chi connectivity index (χ2n) is 6.94. The Morgan fingerprint density at radius 2 is 2.26 bits per heavy atom. The molecule has 1 aromatic heterocycles. The lowest BCUT2D eigenvalue weighted by Crippen LogP contribution is -2.45. The van der Waals surface area contributed by atoms with Gasteiger partial charge in [0.2, 0.25) is 0 Å². The highest BCUT2D eigenvalue weighted by atomic mass is 127. The first kappa shape index (κ1) is 22.9. The summed E-state index contributed by atoms with van der Waals surface area (Å²) in [7, 11) is 0. The van der Waals surface area contributed by atoms with Gasteiger partial charge in [0.05, 0.1) is 31.4 Å². The minimum absolute atomic E-state index is 0. The van der Waals surface area contributed by atoms with Gasteiger partial charge in [-0.05, 0) is 38.1 Å². The van der Waals surface area contributed by atoms with Crippen LogP contribution in [0.25, 0.3) is 0 Å². The average Bonchev–Trinajstić information content (AvgIpc) is 3.34. The summed E-state index contributed by atoms with van der Waals surface area (Å²) in [6.45, 7) is 10.3. The van der Waals surface area contributed by atoms with Crippen LogP contribution in [0.2, 0.25) is 0 Å². The first-order valence-electron chi connectivity index (χ1n) is 9.79. The van der Waals surface area contributed by atoms with Crippen molar-refractivity contribution in [1.29, 1.82) is 0 Å². The lowest BCUT2D eigenvalue weighted by molar-refractivity contribution is -0.0327. The Morgan fingerprint density at radius 1 is 1.37 bits per heavy atom. The van der Waals surface area contributed by atoms with Gasteiger partial charge >= 0.3 is 0 Å². The zero-order valence-electron chi connectivity index (χ0n) is 16.4. The fraction of sp³-hybridized carbons (Fsp3) is 0.737. The van der Waals surface area contributed by atoms with Crippen LogP contribution in [0, 0.1) is 0 Å². The molecule has 0 bridgehead atoms. The van der Waals surface area contributed by atoms with Crippen LogP contribution in [-0.2, 0) is 9.47 Å². The van der Waals surface area contributed by atoms with Gasteiger partial charge < -0.3 is 20.1 Å². The van der Waals surface area contributed by atoms with E-state index >= 15 is 0 Å². The molecule has 2 fully saturated rings. The van der Waals surface area contributed by atoms with Crippen molar-refractivity contribution in [2.75, 3.05) is 45.9 Å². The fourth-order valence-electron chi connectivity index (χ4n) is 3.53. The van der Waals surface area contributed by atoms with Crippen molar-refractivity contribution in [1.82, 2.24) is 15.5 Å². The molecule has 154 valence electrons. The molecule has 2 aliphatic heterocycles. The predicted octanol–water partition coefficient (Wildman–Crippen LogP) is 2.86. The molecule has 3 unspecified atom stereocenters. The van der Waals surface area contributed by atoms with E-state index in [4.69, 9.17) is 14.5 Å². The molecule has 0 spiro atoms. The van der Waals surface area contributed by atoms with Crippen LogP contribution < -0.4 is 10.6 Å². The van der Waals surface area contributed by atoms with Gasteiger partial charge in [-0.25, -0.2) is 0 Å². The quantitative estimate of drug-likeness (QED) is 0.337. The van der Waals surface area contributed by atoms with E-state index in [-0.39, 0.29) is 30.1 Å². The Balaban J connectivity index is 0.00000261. The average molecular weight is 508 g/mol. The zero-order valence-corrected chi connectivity index (χ0v) is 19.5. The van der Waals surface area contributed by atoms with E-state index in [1.165, 1.54) is 4.88 Å². The molecule has 0 aliphatic carbocycles. The molecule has 0 saturated carbocycles. The van der Waals surface area contributed by atoms with Crippen molar-refractivity contribution in [2.24, 2.45) is 4.99 Å². The number of aliphatic imine (C=N–C) groups is 1. The summed E-state index contributed by atoms with van der Waals surface area (Å²) in [5, 5.41) is 8.96. The number of halogens is 1. The van der Waals surface area contributed by atoms with Crippen molar-refractivity contribution in [2.45, 2.75) is 44.9 Å². The second-order valence-corrected chi connectivity index (χ2v) is 7.92. The number of nitrogens with zero attached hydrogens (tertiary/aromatic N) is 2. The van der Waals surface area contributed by atoms with Gasteiger partial charge in [0.15, 0.2) is 5.96 Å². The normalized spacial score (nSPS) is 25.0. The van der Waals surface area contributed by atoms with Crippen LogP contribution in [0.3, 0.4) is 0 Å². The monoisotopic (exact) mass is 508 g/mol. The molecule has 2 N–H and O–H groups in total. The summed E-state index contributed by atoms with van der Waals surface area (Å²) in [6.07, 6.45) is 2.89. The van der Waals surface area contributed by atoms with E-state index in [1.807, 2.05) is 11.3 Å². The summed E-state index contributed by atoms with van der Waals surface area (Å²) < 4.78 is 11.4. The highest BCUT2D eigenvalue weighted by Gasteiger charge is 2.26. The third kappa shape index (κ3) is 7.16. The highest BCUT2D eigenvalue weighted by molar-refractivity contribution is 14.0. The SMILES string of the molecule is CCNC(=NCC(c1cccs1)N1CCOC(C)C1)NCC1CCCO1.I. The van der Waals surface area contributed by atoms with Crippen molar-refractivity contribution >= 4 is 41.3 Å². The topological polar surface area (TPSA) is 58.1 Å². The van der Waals surface area contributed by atoms with Gasteiger partial charge in [0, 0.05) is 37.7 Å². The molecule has 2 aliphatic rings. The first-order valence-corrected chi connectivity index (χ1v) is 10.7. The number of ether oxygens (including phenoxy) is 2. The number of hydrogen-bond acceptors (Lipinski definition) is 5. The molecule has 27 heavy (non-hydrogen) atoms. The minimum Gasteiger partial charge on any atom is -0.376 e. The molecule has 3 rings (SSSR count). The van der Waals surface area contributed by atoms with Crippen LogP contribution >= 0.6 is 35.3 Å². The van der Waals surface area contributed by atoms with Crippen LogP contribution in [0.5, 0.6) is 0 Å². The Labute approximate surface area is 184 Å². The van der Waals surface area contributed by atoms with Crippen LogP contribution in [0.1, 0.15) is 37.6 Å². The van der Waals surface area contributed by atoms with Crippen LogP contribution in [-0.4, -0.2) is 69.0 Å². The minimum atomic E-state index is 0. The van der Waals surface area contributed by atoms with Crippen LogP contribution in [0.4, 0.5) is 0 Å². The van der Waals surface area contributed by atoms with Gasteiger partial charge in [-0.3, -0.25) is 9.89 Å². The molecular formula is C19H33IN4O2S. The zero-order chi connectivity index (χ0) is 18.2. The van der Waals surface area contributed by atoms with Gasteiger partial charge in [-0.15, -0.1) is 35.3 Å². The number of guanidine groups is 1. The maximum absolute atomic E-state index is 5.72. The lowest BCUT2D eigenvalue weighted by Gasteiger charge is -2.36. The standard InChI is InChI=1S/C19H32N4O2S.HI/c1-3-20-19(21-12-16-6-4-9-25-16)22-13-17(18-7-5-11-26-18)23-8-10-24-15(2)14-23;/h5,7,11,15-17H,3-4,6,8-10,12-14H2,1-2H3,(H2,20,21,22);1H. The Kier molecular flexibility index (Phi) is 10.3. The maximum atomic E-state index is 5.72. The number of rotatable bonds is 7. The van der Waals surface area contributed by atoms with E-state index in [2.05, 4.69) is 46.9 Å². The molecule has 6 nitrogen and oxygen atoms in total. The number of hydrogen-bond donors (Lipinski definition) is 2. The molecule has 3 atom stereocenters. The van der Waals surface area contributed by atoms with Gasteiger partial charge in [0.25, 0.3) is 0 Å². The second kappa shape index (κ2) is 12.2. The number of morpholine rings is 1. The third-order valence-electron chi connectivity index (χ3n) is 4.87. The molecule has 3 heterocycles. The largest absolute Gasteiger partial charge is 0.376 e. The number of thiophene rings is 1. The summed E-state index contributed by atoms with van der Waals surface area (Å²) in [5.41, 5.74) is 0. The summed E-state index contributed by atoms with van der Waals surface area (Å²) in [5.74, 6) is 0.880. The van der Waals surface area contributed by atoms with E-state index in [0.29, 0.717) is 12.1 Å². The van der Waals surface area contributed by atoms with Crippen molar-refractivity contribution in [3.8, 4) is 0 Å². The van der Waals surface area contributed by atoms with E-state index in [0.717, 1.165) is 64.7 Å². The molecule has 0 amide bonds. The smallest absolute Gasteiger partial charge is 0.191 e. The molecule has 1 aromatic rings. The molecule has 0 radical (unpaired) electrons. The van der Waals surface area contributed by atoms with Gasteiger partial charge in [-0.1, -0.05) is 6.07 Å². The lowest BCUT2D eigenvalue weighted by atomic mass is 10.1. The summed E-state index contributed by atoms with van der Waals surface area (Å²) >= 11 is 1.81. The van der Waals surface area contributed by atoms with E-state index in [9.17, 15) is 0 Å². The fourth-order valence-corrected chi connectivity index (χ4v) is 4.38. The Bertz CT molecular complexity index is 552. The van der Waals surface area contributed by atoms with Crippen molar-refractivity contribution in [3.63, 3.8) is 0 Å². The first-order chi connectivity index (χ1) is 12.8. The van der Waals surface area contributed by atoms with E-state index < -0.39 is 0 Å². The van der Waals surface area contributed by atoms with Gasteiger partial charge in [-0.2, -0.15) is 0 Å². The Morgan fingerprint density at radius 3 is 2.93 bits per heavy atom. The predicted molar refractivity (Wildman–Crippen MR) is 122 cm³/mol.